The molecule has 0 aromatic carbocycles. The molecule has 8 heteroatoms. The van der Waals surface area contributed by atoms with Crippen LogP contribution in [0.2, 0.25) is 0 Å². The first kappa shape index (κ1) is 16.4. The Kier molecular flexibility index (Phi) is 4.93. The molecule has 0 radical (unpaired) electrons. The topological polar surface area (TPSA) is 91.4 Å². The van der Waals surface area contributed by atoms with Crippen LogP contribution in [0.1, 0.15) is 25.7 Å². The third-order valence-corrected chi connectivity index (χ3v) is 5.90. The first-order valence-electron chi connectivity index (χ1n) is 7.98. The number of fused-ring (bicyclic) bond motifs is 2. The number of aromatic nitrogens is 1. The van der Waals surface area contributed by atoms with Crippen molar-refractivity contribution in [3.63, 3.8) is 0 Å². The molecule has 2 saturated heterocycles. The fourth-order valence-electron chi connectivity index (χ4n) is 3.21. The van der Waals surface area contributed by atoms with Gasteiger partial charge in [0.15, 0.2) is 0 Å². The van der Waals surface area contributed by atoms with Gasteiger partial charge >= 0.3 is 0 Å². The van der Waals surface area contributed by atoms with Crippen molar-refractivity contribution >= 4 is 15.9 Å². The number of carbonyl (C=O) groups is 1. The van der Waals surface area contributed by atoms with E-state index in [0.29, 0.717) is 12.1 Å². The zero-order chi connectivity index (χ0) is 16.3. The smallest absolute Gasteiger partial charge is 0.242 e. The van der Waals surface area contributed by atoms with Crippen LogP contribution in [0, 0.1) is 0 Å². The highest BCUT2D eigenvalue weighted by Gasteiger charge is 2.30. The van der Waals surface area contributed by atoms with Crippen molar-refractivity contribution in [3.8, 4) is 0 Å². The number of hydrogen-bond donors (Lipinski definition) is 2. The zero-order valence-electron chi connectivity index (χ0n) is 12.9. The van der Waals surface area contributed by atoms with Crippen molar-refractivity contribution in [1.82, 2.24) is 19.9 Å². The molecule has 2 fully saturated rings. The number of pyridine rings is 1. The van der Waals surface area contributed by atoms with Crippen LogP contribution in [0.25, 0.3) is 0 Å². The SMILES string of the molecule is O=C(CCNS(=O)(=O)c1cccnc1)N1CCC2CCC(C1)N2. The number of sulfonamides is 1. The lowest BCUT2D eigenvalue weighted by Crippen LogP contribution is -2.40. The average molecular weight is 338 g/mol. The molecule has 0 saturated carbocycles. The van der Waals surface area contributed by atoms with Crippen LogP contribution >= 0.6 is 0 Å². The average Bonchev–Trinajstić information content (AvgIpc) is 2.87. The van der Waals surface area contributed by atoms with E-state index in [9.17, 15) is 13.2 Å². The van der Waals surface area contributed by atoms with E-state index in [0.717, 1.165) is 25.9 Å². The molecule has 0 aliphatic carbocycles. The van der Waals surface area contributed by atoms with Crippen molar-refractivity contribution in [2.75, 3.05) is 19.6 Å². The molecule has 23 heavy (non-hydrogen) atoms. The molecule has 1 aromatic rings. The summed E-state index contributed by atoms with van der Waals surface area (Å²) in [5.74, 6) is 0.00763. The fourth-order valence-corrected chi connectivity index (χ4v) is 4.20. The molecule has 2 bridgehead atoms. The van der Waals surface area contributed by atoms with Crippen molar-refractivity contribution in [1.29, 1.82) is 0 Å². The molecule has 2 atom stereocenters. The molecular weight excluding hydrogens is 316 g/mol. The van der Waals surface area contributed by atoms with Crippen molar-refractivity contribution in [2.45, 2.75) is 42.7 Å². The van der Waals surface area contributed by atoms with Gasteiger partial charge in [0.05, 0.1) is 0 Å². The molecule has 7 nitrogen and oxygen atoms in total. The number of hydrogen-bond acceptors (Lipinski definition) is 5. The maximum absolute atomic E-state index is 12.3. The lowest BCUT2D eigenvalue weighted by atomic mass is 10.1. The van der Waals surface area contributed by atoms with Crippen LogP contribution in [0.15, 0.2) is 29.4 Å². The summed E-state index contributed by atoms with van der Waals surface area (Å²) in [5, 5.41) is 3.53. The second-order valence-corrected chi connectivity index (χ2v) is 7.87. The Morgan fingerprint density at radius 3 is 2.96 bits per heavy atom. The van der Waals surface area contributed by atoms with Gasteiger partial charge < -0.3 is 10.2 Å². The summed E-state index contributed by atoms with van der Waals surface area (Å²) < 4.78 is 26.6. The van der Waals surface area contributed by atoms with E-state index in [4.69, 9.17) is 0 Å². The second kappa shape index (κ2) is 6.94. The Labute approximate surface area is 136 Å². The quantitative estimate of drug-likeness (QED) is 0.795. The van der Waals surface area contributed by atoms with Crippen LogP contribution in [0.5, 0.6) is 0 Å². The molecule has 3 rings (SSSR count). The Morgan fingerprint density at radius 1 is 1.35 bits per heavy atom. The van der Waals surface area contributed by atoms with Crippen molar-refractivity contribution < 1.29 is 13.2 Å². The van der Waals surface area contributed by atoms with Crippen molar-refractivity contribution in [3.05, 3.63) is 24.5 Å². The molecule has 1 aromatic heterocycles. The van der Waals surface area contributed by atoms with Crippen LogP contribution in [-0.4, -0.2) is 55.9 Å². The minimum absolute atomic E-state index is 0.00763. The molecule has 2 N–H and O–H groups in total. The predicted octanol–water partition coefficient (Wildman–Crippen LogP) is 0.103. The molecule has 2 unspecified atom stereocenters. The van der Waals surface area contributed by atoms with E-state index >= 15 is 0 Å². The van der Waals surface area contributed by atoms with E-state index in [1.165, 1.54) is 24.9 Å². The van der Waals surface area contributed by atoms with Crippen LogP contribution < -0.4 is 10.0 Å². The van der Waals surface area contributed by atoms with Gasteiger partial charge in [0.1, 0.15) is 4.90 Å². The molecule has 126 valence electrons. The maximum Gasteiger partial charge on any atom is 0.242 e. The Hall–Kier alpha value is -1.51. The lowest BCUT2D eigenvalue weighted by molar-refractivity contribution is -0.131. The number of nitrogens with zero attached hydrogens (tertiary/aromatic N) is 2. The lowest BCUT2D eigenvalue weighted by Gasteiger charge is -2.24. The van der Waals surface area contributed by atoms with Gasteiger partial charge in [0.2, 0.25) is 15.9 Å². The van der Waals surface area contributed by atoms with E-state index in [2.05, 4.69) is 15.0 Å². The van der Waals surface area contributed by atoms with E-state index in [1.54, 1.807) is 6.07 Å². The van der Waals surface area contributed by atoms with Crippen LogP contribution in [0.4, 0.5) is 0 Å². The molecule has 1 amide bonds. The molecule has 3 heterocycles. The Balaban J connectivity index is 1.49. The van der Waals surface area contributed by atoms with E-state index in [1.807, 2.05) is 4.90 Å². The van der Waals surface area contributed by atoms with E-state index < -0.39 is 10.0 Å². The third-order valence-electron chi connectivity index (χ3n) is 4.45. The highest BCUT2D eigenvalue weighted by Crippen LogP contribution is 2.20. The Bertz CT molecular complexity index is 650. The number of amides is 1. The number of carbonyl (C=O) groups excluding carboxylic acids is 1. The first-order chi connectivity index (χ1) is 11.0. The first-order valence-corrected chi connectivity index (χ1v) is 9.46. The monoisotopic (exact) mass is 338 g/mol. The largest absolute Gasteiger partial charge is 0.341 e. The Morgan fingerprint density at radius 2 is 2.17 bits per heavy atom. The number of rotatable bonds is 5. The third kappa shape index (κ3) is 4.07. The second-order valence-electron chi connectivity index (χ2n) is 6.10. The summed E-state index contributed by atoms with van der Waals surface area (Å²) in [7, 11) is -3.60. The standard InChI is InChI=1S/C15H22N4O3S/c20-15(19-9-6-12-3-4-13(11-19)18-12)5-8-17-23(21,22)14-2-1-7-16-10-14/h1-2,7,10,12-13,17-18H,3-6,8-9,11H2. The normalized spacial score (nSPS) is 24.4. The highest BCUT2D eigenvalue weighted by atomic mass is 32.2. The molecule has 2 aliphatic heterocycles. The number of likely N-dealkylation sites (tertiary alicyclic amines) is 1. The fraction of sp³-hybridized carbons (Fsp3) is 0.600. The summed E-state index contributed by atoms with van der Waals surface area (Å²) in [6.45, 7) is 1.58. The minimum Gasteiger partial charge on any atom is -0.341 e. The summed E-state index contributed by atoms with van der Waals surface area (Å²) in [6.07, 6.45) is 6.27. The van der Waals surface area contributed by atoms with Gasteiger partial charge in [0, 0.05) is 50.5 Å². The van der Waals surface area contributed by atoms with Gasteiger partial charge in [-0.3, -0.25) is 9.78 Å². The highest BCUT2D eigenvalue weighted by molar-refractivity contribution is 7.89. The van der Waals surface area contributed by atoms with Crippen LogP contribution in [0.3, 0.4) is 0 Å². The predicted molar refractivity (Wildman–Crippen MR) is 85.2 cm³/mol. The van der Waals surface area contributed by atoms with Gasteiger partial charge in [0.25, 0.3) is 0 Å². The van der Waals surface area contributed by atoms with Crippen LogP contribution in [-0.2, 0) is 14.8 Å². The molecule has 0 spiro atoms. The van der Waals surface area contributed by atoms with Gasteiger partial charge in [-0.2, -0.15) is 0 Å². The van der Waals surface area contributed by atoms with Gasteiger partial charge in [-0.05, 0) is 31.4 Å². The zero-order valence-corrected chi connectivity index (χ0v) is 13.8. The summed E-state index contributed by atoms with van der Waals surface area (Å²) in [5.41, 5.74) is 0. The maximum atomic E-state index is 12.3. The minimum atomic E-state index is -3.60. The van der Waals surface area contributed by atoms with E-state index in [-0.39, 0.29) is 23.8 Å². The summed E-state index contributed by atoms with van der Waals surface area (Å²) in [4.78, 5) is 18.1. The number of nitrogens with one attached hydrogen (secondary N) is 2. The molecular formula is C15H22N4O3S. The van der Waals surface area contributed by atoms with Gasteiger partial charge in [-0.15, -0.1) is 0 Å². The summed E-state index contributed by atoms with van der Waals surface area (Å²) >= 11 is 0. The van der Waals surface area contributed by atoms with Gasteiger partial charge in [-0.1, -0.05) is 0 Å². The molecule has 2 aliphatic rings. The van der Waals surface area contributed by atoms with Crippen molar-refractivity contribution in [2.24, 2.45) is 0 Å². The van der Waals surface area contributed by atoms with Gasteiger partial charge in [-0.25, -0.2) is 13.1 Å². The summed E-state index contributed by atoms with van der Waals surface area (Å²) in [6, 6.07) is 3.97.